The van der Waals surface area contributed by atoms with E-state index >= 15 is 0 Å². The van der Waals surface area contributed by atoms with Gasteiger partial charge in [-0.05, 0) is 24.1 Å². The molecule has 0 unspecified atom stereocenters. The van der Waals surface area contributed by atoms with Gasteiger partial charge in [0.2, 0.25) is 10.0 Å². The lowest BCUT2D eigenvalue weighted by molar-refractivity contribution is 0.465. The fourth-order valence-corrected chi connectivity index (χ4v) is 3.00. The molecule has 0 aliphatic carbocycles. The molecule has 0 atom stereocenters. The molecule has 0 aromatic heterocycles. The van der Waals surface area contributed by atoms with Crippen molar-refractivity contribution < 1.29 is 8.42 Å². The molecule has 5 heteroatoms. The molecule has 0 spiro atoms. The summed E-state index contributed by atoms with van der Waals surface area (Å²) in [6.07, 6.45) is 1.61. The summed E-state index contributed by atoms with van der Waals surface area (Å²) in [4.78, 5) is 0. The molecule has 17 heavy (non-hydrogen) atoms. The maximum absolute atomic E-state index is 11.9. The third-order valence-electron chi connectivity index (χ3n) is 2.55. The number of hydrogen-bond acceptors (Lipinski definition) is 2. The average Bonchev–Trinajstić information content (AvgIpc) is 2.29. The minimum Gasteiger partial charge on any atom is -0.212 e. The quantitative estimate of drug-likeness (QED) is 0.808. The minimum atomic E-state index is -3.11. The van der Waals surface area contributed by atoms with E-state index in [4.69, 9.17) is 0 Å². The van der Waals surface area contributed by atoms with Gasteiger partial charge in [0.25, 0.3) is 0 Å². The maximum Gasteiger partial charge on any atom is 0.214 e. The molecule has 0 saturated carbocycles. The van der Waals surface area contributed by atoms with E-state index in [1.54, 1.807) is 7.05 Å². The minimum absolute atomic E-state index is 0.233. The van der Waals surface area contributed by atoms with Crippen LogP contribution in [0.3, 0.4) is 0 Å². The van der Waals surface area contributed by atoms with Crippen LogP contribution >= 0.6 is 15.9 Å². The molecule has 96 valence electrons. The second kappa shape index (κ2) is 6.52. The largest absolute Gasteiger partial charge is 0.214 e. The van der Waals surface area contributed by atoms with Crippen LogP contribution in [0.2, 0.25) is 0 Å². The van der Waals surface area contributed by atoms with Crippen molar-refractivity contribution in [2.45, 2.75) is 26.3 Å². The molecule has 0 aliphatic heterocycles. The molecule has 3 nitrogen and oxygen atoms in total. The first-order chi connectivity index (χ1) is 7.95. The zero-order valence-electron chi connectivity index (χ0n) is 10.2. The highest BCUT2D eigenvalue weighted by atomic mass is 79.9. The fourth-order valence-electron chi connectivity index (χ4n) is 1.43. The second-order valence-electron chi connectivity index (χ2n) is 4.05. The molecule has 0 radical (unpaired) electrons. The van der Waals surface area contributed by atoms with Crippen LogP contribution in [-0.4, -0.2) is 25.5 Å². The van der Waals surface area contributed by atoms with Crippen LogP contribution in [0.5, 0.6) is 0 Å². The first kappa shape index (κ1) is 14.7. The Morgan fingerprint density at radius 2 is 1.82 bits per heavy atom. The molecule has 0 amide bonds. The average molecular weight is 320 g/mol. The van der Waals surface area contributed by atoms with Gasteiger partial charge in [0, 0.05) is 18.1 Å². The zero-order chi connectivity index (χ0) is 12.9. The summed E-state index contributed by atoms with van der Waals surface area (Å²) >= 11 is 3.35. The molecular weight excluding hydrogens is 302 g/mol. The van der Waals surface area contributed by atoms with E-state index in [-0.39, 0.29) is 5.75 Å². The predicted octanol–water partition coefficient (Wildman–Crippen LogP) is 3.01. The Morgan fingerprint density at radius 3 is 2.35 bits per heavy atom. The van der Waals surface area contributed by atoms with Gasteiger partial charge < -0.3 is 0 Å². The van der Waals surface area contributed by atoms with E-state index < -0.39 is 10.0 Å². The molecule has 0 heterocycles. The number of hydrogen-bond donors (Lipinski definition) is 0. The first-order valence-electron chi connectivity index (χ1n) is 5.64. The van der Waals surface area contributed by atoms with E-state index in [0.29, 0.717) is 13.0 Å². The van der Waals surface area contributed by atoms with Gasteiger partial charge in [-0.2, -0.15) is 0 Å². The maximum atomic E-state index is 11.9. The summed E-state index contributed by atoms with van der Waals surface area (Å²) in [6, 6.07) is 7.69. The van der Waals surface area contributed by atoms with Gasteiger partial charge in [-0.3, -0.25) is 0 Å². The van der Waals surface area contributed by atoms with E-state index in [9.17, 15) is 8.42 Å². The molecular formula is C12H18BrNO2S. The molecule has 0 aliphatic rings. The van der Waals surface area contributed by atoms with E-state index in [1.807, 2.05) is 31.2 Å². The Balaban J connectivity index is 2.65. The van der Waals surface area contributed by atoms with Crippen molar-refractivity contribution in [3.8, 4) is 0 Å². The van der Waals surface area contributed by atoms with Crippen LogP contribution in [0.4, 0.5) is 0 Å². The van der Waals surface area contributed by atoms with Gasteiger partial charge in [-0.1, -0.05) is 41.4 Å². The van der Waals surface area contributed by atoms with Crippen LogP contribution in [0.1, 0.15) is 25.3 Å². The molecule has 0 N–H and O–H groups in total. The van der Waals surface area contributed by atoms with Crippen molar-refractivity contribution in [3.63, 3.8) is 0 Å². The molecule has 0 saturated heterocycles. The third kappa shape index (κ3) is 4.77. The summed E-state index contributed by atoms with van der Waals surface area (Å²) in [6.45, 7) is 2.42. The molecule has 1 aromatic carbocycles. The van der Waals surface area contributed by atoms with Crippen molar-refractivity contribution in [2.75, 3.05) is 12.8 Å². The highest BCUT2D eigenvalue weighted by molar-refractivity contribution is 9.10. The van der Waals surface area contributed by atoms with Crippen LogP contribution in [0.25, 0.3) is 0 Å². The Morgan fingerprint density at radius 1 is 1.24 bits per heavy atom. The first-order valence-corrected chi connectivity index (χ1v) is 8.04. The van der Waals surface area contributed by atoms with Gasteiger partial charge in [-0.15, -0.1) is 0 Å². The van der Waals surface area contributed by atoms with Crippen molar-refractivity contribution in [1.82, 2.24) is 4.31 Å². The monoisotopic (exact) mass is 319 g/mol. The standard InChI is InChI=1S/C12H18BrNO2S/c1-3-4-9-17(15,16)14(2)10-11-5-7-12(13)8-6-11/h5-8H,3-4,9-10H2,1-2H3. The fraction of sp³-hybridized carbons (Fsp3) is 0.500. The molecule has 1 rings (SSSR count). The molecule has 1 aromatic rings. The van der Waals surface area contributed by atoms with E-state index in [0.717, 1.165) is 16.5 Å². The summed E-state index contributed by atoms with van der Waals surface area (Å²) in [7, 11) is -1.48. The van der Waals surface area contributed by atoms with Crippen LogP contribution in [0, 0.1) is 0 Å². The van der Waals surface area contributed by atoms with E-state index in [1.165, 1.54) is 4.31 Å². The lowest BCUT2D eigenvalue weighted by Gasteiger charge is -2.17. The summed E-state index contributed by atoms with van der Waals surface area (Å²) < 4.78 is 26.2. The predicted molar refractivity (Wildman–Crippen MR) is 74.3 cm³/mol. The number of sulfonamides is 1. The molecule has 0 fully saturated rings. The summed E-state index contributed by atoms with van der Waals surface area (Å²) in [5.74, 6) is 0.233. The van der Waals surface area contributed by atoms with Gasteiger partial charge in [0.05, 0.1) is 5.75 Å². The zero-order valence-corrected chi connectivity index (χ0v) is 12.6. The highest BCUT2D eigenvalue weighted by Crippen LogP contribution is 2.13. The van der Waals surface area contributed by atoms with Crippen molar-refractivity contribution in [3.05, 3.63) is 34.3 Å². The van der Waals surface area contributed by atoms with Gasteiger partial charge in [0.1, 0.15) is 0 Å². The number of nitrogens with zero attached hydrogens (tertiary/aromatic N) is 1. The van der Waals surface area contributed by atoms with Crippen LogP contribution < -0.4 is 0 Å². The number of halogens is 1. The van der Waals surface area contributed by atoms with Crippen molar-refractivity contribution in [1.29, 1.82) is 0 Å². The number of benzene rings is 1. The topological polar surface area (TPSA) is 37.4 Å². The van der Waals surface area contributed by atoms with Gasteiger partial charge in [0.15, 0.2) is 0 Å². The second-order valence-corrected chi connectivity index (χ2v) is 7.16. The van der Waals surface area contributed by atoms with Crippen molar-refractivity contribution in [2.24, 2.45) is 0 Å². The summed E-state index contributed by atoms with van der Waals surface area (Å²) in [5, 5.41) is 0. The Bertz CT molecular complexity index is 442. The lowest BCUT2D eigenvalue weighted by Crippen LogP contribution is -2.28. The highest BCUT2D eigenvalue weighted by Gasteiger charge is 2.16. The SMILES string of the molecule is CCCCS(=O)(=O)N(C)Cc1ccc(Br)cc1. The van der Waals surface area contributed by atoms with Crippen LogP contribution in [-0.2, 0) is 16.6 Å². The Hall–Kier alpha value is -0.390. The lowest BCUT2D eigenvalue weighted by atomic mass is 10.2. The molecule has 0 bridgehead atoms. The van der Waals surface area contributed by atoms with E-state index in [2.05, 4.69) is 15.9 Å². The van der Waals surface area contributed by atoms with Gasteiger partial charge >= 0.3 is 0 Å². The van der Waals surface area contributed by atoms with Gasteiger partial charge in [-0.25, -0.2) is 12.7 Å². The Labute approximate surface area is 112 Å². The normalized spacial score (nSPS) is 12.0. The smallest absolute Gasteiger partial charge is 0.212 e. The Kier molecular flexibility index (Phi) is 5.62. The number of rotatable bonds is 6. The third-order valence-corrected chi connectivity index (χ3v) is 4.96. The van der Waals surface area contributed by atoms with Crippen molar-refractivity contribution >= 4 is 26.0 Å². The summed E-state index contributed by atoms with van der Waals surface area (Å²) in [5.41, 5.74) is 0.996. The number of unbranched alkanes of at least 4 members (excludes halogenated alkanes) is 1. The van der Waals surface area contributed by atoms with Crippen LogP contribution in [0.15, 0.2) is 28.7 Å².